The van der Waals surface area contributed by atoms with Crippen molar-refractivity contribution < 1.29 is 14.3 Å². The van der Waals surface area contributed by atoms with Gasteiger partial charge in [-0.25, -0.2) is 4.79 Å². The molecule has 1 atom stereocenters. The van der Waals surface area contributed by atoms with Gasteiger partial charge in [0.1, 0.15) is 11.5 Å². The van der Waals surface area contributed by atoms with Crippen molar-refractivity contribution in [2.45, 2.75) is 19.4 Å². The molecule has 4 rings (SSSR count). The Labute approximate surface area is 234 Å². The number of hydrogen-bond donors (Lipinski definition) is 1. The molecule has 192 valence electrons. The SMILES string of the molecule is CC1=C(C(=O)NCCc2ccccc2)C(c2cc(Br)ccc2Oc2ccc(Cl)c(Cl)c2)N(C)C(=O)N1C. The Morgan fingerprint density at radius 3 is 2.46 bits per heavy atom. The number of allylic oxidation sites excluding steroid dienone is 1. The quantitative estimate of drug-likeness (QED) is 0.310. The number of nitrogens with one attached hydrogen (secondary N) is 1. The van der Waals surface area contributed by atoms with Crippen molar-refractivity contribution in [2.75, 3.05) is 20.6 Å². The van der Waals surface area contributed by atoms with Gasteiger partial charge in [0.25, 0.3) is 5.91 Å². The number of ether oxygens (including phenoxy) is 1. The van der Waals surface area contributed by atoms with Crippen molar-refractivity contribution in [1.29, 1.82) is 0 Å². The second-order valence-corrected chi connectivity index (χ2v) is 10.4. The highest BCUT2D eigenvalue weighted by Gasteiger charge is 2.40. The minimum absolute atomic E-state index is 0.233. The van der Waals surface area contributed by atoms with Crippen LogP contribution in [0, 0.1) is 0 Å². The van der Waals surface area contributed by atoms with Crippen LogP contribution in [0.2, 0.25) is 10.0 Å². The van der Waals surface area contributed by atoms with E-state index in [1.165, 1.54) is 4.90 Å². The topological polar surface area (TPSA) is 61.9 Å². The van der Waals surface area contributed by atoms with E-state index in [0.29, 0.717) is 51.3 Å². The van der Waals surface area contributed by atoms with Crippen molar-refractivity contribution >= 4 is 51.1 Å². The highest BCUT2D eigenvalue weighted by Crippen LogP contribution is 2.42. The van der Waals surface area contributed by atoms with E-state index in [4.69, 9.17) is 27.9 Å². The van der Waals surface area contributed by atoms with E-state index in [0.717, 1.165) is 10.0 Å². The standard InChI is InChI=1S/C28H26BrCl2N3O3/c1-17-25(27(35)32-14-13-18-7-5-4-6-8-18)26(34(3)28(36)33(17)2)21-15-19(29)9-12-24(21)37-20-10-11-22(30)23(31)16-20/h4-12,15-16,26H,13-14H2,1-3H3,(H,32,35). The van der Waals surface area contributed by atoms with E-state index in [1.807, 2.05) is 42.5 Å². The molecule has 3 aromatic carbocycles. The fraction of sp³-hybridized carbons (Fsp3) is 0.214. The predicted molar refractivity (Wildman–Crippen MR) is 150 cm³/mol. The molecular weight excluding hydrogens is 577 g/mol. The van der Waals surface area contributed by atoms with Crippen molar-refractivity contribution in [1.82, 2.24) is 15.1 Å². The van der Waals surface area contributed by atoms with Crippen LogP contribution < -0.4 is 10.1 Å². The predicted octanol–water partition coefficient (Wildman–Crippen LogP) is 7.22. The molecule has 1 N–H and O–H groups in total. The zero-order valence-electron chi connectivity index (χ0n) is 20.6. The Balaban J connectivity index is 1.70. The maximum Gasteiger partial charge on any atom is 0.324 e. The molecule has 0 radical (unpaired) electrons. The van der Waals surface area contributed by atoms with Crippen molar-refractivity contribution in [2.24, 2.45) is 0 Å². The molecule has 0 bridgehead atoms. The van der Waals surface area contributed by atoms with Gasteiger partial charge in [0.2, 0.25) is 0 Å². The van der Waals surface area contributed by atoms with Crippen LogP contribution in [0.3, 0.4) is 0 Å². The van der Waals surface area contributed by atoms with Crippen LogP contribution in [-0.4, -0.2) is 42.4 Å². The van der Waals surface area contributed by atoms with Crippen LogP contribution in [0.1, 0.15) is 24.1 Å². The highest BCUT2D eigenvalue weighted by molar-refractivity contribution is 9.10. The zero-order valence-corrected chi connectivity index (χ0v) is 23.7. The van der Waals surface area contributed by atoms with Crippen LogP contribution in [0.5, 0.6) is 11.5 Å². The monoisotopic (exact) mass is 601 g/mol. The van der Waals surface area contributed by atoms with Crippen LogP contribution >= 0.6 is 39.1 Å². The van der Waals surface area contributed by atoms with Gasteiger partial charge in [-0.05, 0) is 49.2 Å². The summed E-state index contributed by atoms with van der Waals surface area (Å²) in [5.74, 6) is 0.720. The molecule has 0 fully saturated rings. The third-order valence-corrected chi connectivity index (χ3v) is 7.55. The van der Waals surface area contributed by atoms with Crippen LogP contribution in [0.15, 0.2) is 82.5 Å². The molecule has 0 saturated carbocycles. The highest BCUT2D eigenvalue weighted by atomic mass is 79.9. The van der Waals surface area contributed by atoms with Gasteiger partial charge in [-0.15, -0.1) is 0 Å². The molecule has 3 amide bonds. The summed E-state index contributed by atoms with van der Waals surface area (Å²) >= 11 is 15.8. The first kappa shape index (κ1) is 27.0. The van der Waals surface area contributed by atoms with Gasteiger partial charge >= 0.3 is 6.03 Å². The van der Waals surface area contributed by atoms with Crippen molar-refractivity contribution in [3.63, 3.8) is 0 Å². The van der Waals surface area contributed by atoms with Crippen LogP contribution in [0.4, 0.5) is 4.79 Å². The molecule has 0 aromatic heterocycles. The minimum atomic E-state index is -0.685. The molecule has 1 aliphatic heterocycles. The van der Waals surface area contributed by atoms with E-state index in [1.54, 1.807) is 50.2 Å². The summed E-state index contributed by atoms with van der Waals surface area (Å²) in [5, 5.41) is 3.81. The zero-order chi connectivity index (χ0) is 26.7. The summed E-state index contributed by atoms with van der Waals surface area (Å²) in [6.07, 6.45) is 0.691. The van der Waals surface area contributed by atoms with Gasteiger partial charge < -0.3 is 19.9 Å². The molecule has 6 nitrogen and oxygen atoms in total. The third-order valence-electron chi connectivity index (χ3n) is 6.31. The van der Waals surface area contributed by atoms with Crippen LogP contribution in [-0.2, 0) is 11.2 Å². The van der Waals surface area contributed by atoms with Gasteiger partial charge in [-0.1, -0.05) is 69.5 Å². The number of carbonyl (C=O) groups excluding carboxylic acids is 2. The summed E-state index contributed by atoms with van der Waals surface area (Å²) in [7, 11) is 3.34. The lowest BCUT2D eigenvalue weighted by molar-refractivity contribution is -0.118. The molecule has 3 aromatic rings. The smallest absolute Gasteiger partial charge is 0.324 e. The van der Waals surface area contributed by atoms with Crippen molar-refractivity contribution in [3.8, 4) is 11.5 Å². The first-order valence-electron chi connectivity index (χ1n) is 11.6. The van der Waals surface area contributed by atoms with E-state index >= 15 is 0 Å². The average molecular weight is 603 g/mol. The summed E-state index contributed by atoms with van der Waals surface area (Å²) in [6.45, 7) is 2.24. The van der Waals surface area contributed by atoms with Gasteiger partial charge in [0.05, 0.1) is 21.7 Å². The van der Waals surface area contributed by atoms with Gasteiger partial charge in [-0.3, -0.25) is 4.79 Å². The summed E-state index contributed by atoms with van der Waals surface area (Å²) < 4.78 is 6.98. The third kappa shape index (κ3) is 5.95. The van der Waals surface area contributed by atoms with Crippen molar-refractivity contribution in [3.05, 3.63) is 104 Å². The van der Waals surface area contributed by atoms with E-state index in [-0.39, 0.29) is 11.9 Å². The Morgan fingerprint density at radius 2 is 1.76 bits per heavy atom. The molecule has 37 heavy (non-hydrogen) atoms. The number of amides is 3. The number of nitrogens with zero attached hydrogens (tertiary/aromatic N) is 2. The van der Waals surface area contributed by atoms with E-state index in [2.05, 4.69) is 21.2 Å². The largest absolute Gasteiger partial charge is 0.457 e. The van der Waals surface area contributed by atoms with E-state index in [9.17, 15) is 9.59 Å². The summed E-state index contributed by atoms with van der Waals surface area (Å²) in [4.78, 5) is 29.8. The Kier molecular flexibility index (Phi) is 8.47. The summed E-state index contributed by atoms with van der Waals surface area (Å²) in [5.41, 5.74) is 2.82. The molecular formula is C28H26BrCl2N3O3. The first-order valence-corrected chi connectivity index (χ1v) is 13.2. The minimum Gasteiger partial charge on any atom is -0.457 e. The Hall–Kier alpha value is -3.00. The number of rotatable bonds is 7. The molecule has 1 unspecified atom stereocenters. The molecule has 0 aliphatic carbocycles. The molecule has 9 heteroatoms. The fourth-order valence-corrected chi connectivity index (χ4v) is 4.94. The maximum absolute atomic E-state index is 13.6. The molecule has 0 spiro atoms. The lowest BCUT2D eigenvalue weighted by atomic mass is 9.92. The Morgan fingerprint density at radius 1 is 1.03 bits per heavy atom. The van der Waals surface area contributed by atoms with E-state index < -0.39 is 6.04 Å². The van der Waals surface area contributed by atoms with Gasteiger partial charge in [0, 0.05) is 42.4 Å². The molecule has 0 saturated heterocycles. The number of benzene rings is 3. The second kappa shape index (κ2) is 11.6. The van der Waals surface area contributed by atoms with Crippen LogP contribution in [0.25, 0.3) is 0 Å². The number of likely N-dealkylation sites (N-methyl/N-ethyl adjacent to an activating group) is 1. The number of halogens is 3. The summed E-state index contributed by atoms with van der Waals surface area (Å²) in [6, 6.07) is 19.5. The first-order chi connectivity index (χ1) is 17.7. The Bertz CT molecular complexity index is 1360. The number of urea groups is 1. The normalized spacial score (nSPS) is 15.7. The maximum atomic E-state index is 13.6. The number of carbonyl (C=O) groups is 2. The number of hydrogen-bond acceptors (Lipinski definition) is 3. The molecule has 1 heterocycles. The lowest BCUT2D eigenvalue weighted by Gasteiger charge is -2.40. The van der Waals surface area contributed by atoms with Gasteiger partial charge in [0.15, 0.2) is 0 Å². The second-order valence-electron chi connectivity index (χ2n) is 8.71. The fourth-order valence-electron chi connectivity index (χ4n) is 4.27. The molecule has 1 aliphatic rings. The lowest BCUT2D eigenvalue weighted by Crippen LogP contribution is -2.48. The van der Waals surface area contributed by atoms with Gasteiger partial charge in [-0.2, -0.15) is 0 Å². The average Bonchev–Trinajstić information content (AvgIpc) is 2.88.